The number of benzene rings is 2. The minimum Gasteiger partial charge on any atom is -0.462 e. The Balaban J connectivity index is 1.60. The largest absolute Gasteiger partial charge is 0.462 e. The topological polar surface area (TPSA) is 106 Å². The van der Waals surface area contributed by atoms with Gasteiger partial charge in [0.25, 0.3) is 5.56 Å². The maximum absolute atomic E-state index is 13.2. The lowest BCUT2D eigenvalue weighted by molar-refractivity contribution is -0.113. The molecule has 9 heteroatoms. The van der Waals surface area contributed by atoms with E-state index in [-0.39, 0.29) is 29.4 Å². The fourth-order valence-corrected chi connectivity index (χ4v) is 4.56. The van der Waals surface area contributed by atoms with Gasteiger partial charge in [-0.1, -0.05) is 61.2 Å². The van der Waals surface area contributed by atoms with Crippen molar-refractivity contribution in [1.82, 2.24) is 14.5 Å². The number of carbonyl (C=O) groups excluding carboxylic acids is 2. The smallest absolute Gasteiger partial charge is 0.340 e. The molecule has 4 aromatic rings. The Kier molecular flexibility index (Phi) is 7.67. The van der Waals surface area contributed by atoms with E-state index in [0.29, 0.717) is 28.4 Å². The third-order valence-corrected chi connectivity index (χ3v) is 6.29. The van der Waals surface area contributed by atoms with Gasteiger partial charge in [-0.3, -0.25) is 14.2 Å². The van der Waals surface area contributed by atoms with Crippen molar-refractivity contribution in [3.05, 3.63) is 76.7 Å². The molecule has 0 saturated heterocycles. The van der Waals surface area contributed by atoms with Gasteiger partial charge in [-0.2, -0.15) is 0 Å². The highest BCUT2D eigenvalue weighted by Gasteiger charge is 2.18. The molecule has 4 rings (SSSR count). The highest BCUT2D eigenvalue weighted by atomic mass is 32.2. The molecule has 0 radical (unpaired) electrons. The molecule has 2 aromatic heterocycles. The second kappa shape index (κ2) is 11.1. The van der Waals surface area contributed by atoms with Gasteiger partial charge in [-0.15, -0.1) is 0 Å². The summed E-state index contributed by atoms with van der Waals surface area (Å²) in [6, 6.07) is 16.4. The fraction of sp³-hybridized carbons (Fsp3) is 0.231. The SMILES string of the molecule is CCCn1c(SCC(=O)Nc2ccccc2C(=O)OCC)nc2c(-c3ccccc3)c[nH]c2c1=O. The highest BCUT2D eigenvalue weighted by Crippen LogP contribution is 2.28. The first-order valence-corrected chi connectivity index (χ1v) is 12.4. The van der Waals surface area contributed by atoms with Crippen LogP contribution < -0.4 is 10.9 Å². The van der Waals surface area contributed by atoms with Crippen molar-refractivity contribution < 1.29 is 14.3 Å². The molecule has 0 fully saturated rings. The molecular weight excluding hydrogens is 464 g/mol. The van der Waals surface area contributed by atoms with Crippen LogP contribution in [-0.2, 0) is 16.1 Å². The predicted molar refractivity (Wildman–Crippen MR) is 138 cm³/mol. The van der Waals surface area contributed by atoms with Gasteiger partial charge in [0.05, 0.1) is 23.6 Å². The standard InChI is InChI=1S/C26H26N4O4S/c1-3-14-30-24(32)23-22(19(15-27-23)17-10-6-5-7-11-17)29-26(30)35-16-21(31)28-20-13-9-8-12-18(20)25(33)34-4-2/h5-13,15,27H,3-4,14,16H2,1-2H3,(H,28,31). The van der Waals surface area contributed by atoms with Crippen LogP contribution in [0.3, 0.4) is 0 Å². The summed E-state index contributed by atoms with van der Waals surface area (Å²) < 4.78 is 6.67. The Bertz CT molecular complexity index is 1410. The molecule has 180 valence electrons. The first-order chi connectivity index (χ1) is 17.0. The summed E-state index contributed by atoms with van der Waals surface area (Å²) in [6.07, 6.45) is 2.53. The molecule has 0 spiro atoms. The third-order valence-electron chi connectivity index (χ3n) is 5.31. The minimum absolute atomic E-state index is 0.0178. The number of hydrogen-bond acceptors (Lipinski definition) is 6. The zero-order chi connectivity index (χ0) is 24.8. The molecule has 2 aromatic carbocycles. The molecule has 0 unspecified atom stereocenters. The van der Waals surface area contributed by atoms with Crippen LogP contribution in [0.4, 0.5) is 5.69 Å². The van der Waals surface area contributed by atoms with E-state index in [1.54, 1.807) is 42.0 Å². The molecule has 2 N–H and O–H groups in total. The first-order valence-electron chi connectivity index (χ1n) is 11.4. The number of nitrogens with one attached hydrogen (secondary N) is 2. The van der Waals surface area contributed by atoms with Crippen LogP contribution in [0, 0.1) is 0 Å². The number of H-pyrrole nitrogens is 1. The third kappa shape index (κ3) is 5.30. The average molecular weight is 491 g/mol. The quantitative estimate of drug-likeness (QED) is 0.200. The number of hydrogen-bond donors (Lipinski definition) is 2. The Morgan fingerprint density at radius 1 is 1.09 bits per heavy atom. The number of ether oxygens (including phenoxy) is 1. The van der Waals surface area contributed by atoms with E-state index in [0.717, 1.165) is 17.5 Å². The molecule has 0 atom stereocenters. The van der Waals surface area contributed by atoms with Crippen molar-refractivity contribution in [2.24, 2.45) is 0 Å². The average Bonchev–Trinajstić information content (AvgIpc) is 3.30. The summed E-state index contributed by atoms with van der Waals surface area (Å²) in [4.78, 5) is 46.1. The number of carbonyl (C=O) groups is 2. The van der Waals surface area contributed by atoms with Crippen molar-refractivity contribution in [1.29, 1.82) is 0 Å². The number of aromatic amines is 1. The maximum Gasteiger partial charge on any atom is 0.340 e. The van der Waals surface area contributed by atoms with Gasteiger partial charge < -0.3 is 15.0 Å². The van der Waals surface area contributed by atoms with Crippen LogP contribution in [-0.4, -0.2) is 38.8 Å². The highest BCUT2D eigenvalue weighted by molar-refractivity contribution is 7.99. The predicted octanol–water partition coefficient (Wildman–Crippen LogP) is 4.71. The molecular formula is C26H26N4O4S. The summed E-state index contributed by atoms with van der Waals surface area (Å²) in [5, 5.41) is 3.24. The number of amides is 1. The summed E-state index contributed by atoms with van der Waals surface area (Å²) in [5.41, 5.74) is 3.28. The minimum atomic E-state index is -0.499. The Labute approximate surface area is 206 Å². The first kappa shape index (κ1) is 24.3. The van der Waals surface area contributed by atoms with Crippen LogP contribution >= 0.6 is 11.8 Å². The van der Waals surface area contributed by atoms with Gasteiger partial charge >= 0.3 is 5.97 Å². The molecule has 0 aliphatic carbocycles. The summed E-state index contributed by atoms with van der Waals surface area (Å²) in [7, 11) is 0. The van der Waals surface area contributed by atoms with E-state index in [1.165, 1.54) is 11.8 Å². The van der Waals surface area contributed by atoms with Crippen LogP contribution in [0.15, 0.2) is 70.7 Å². The summed E-state index contributed by atoms with van der Waals surface area (Å²) in [6.45, 7) is 4.43. The van der Waals surface area contributed by atoms with Crippen LogP contribution in [0.25, 0.3) is 22.2 Å². The zero-order valence-electron chi connectivity index (χ0n) is 19.5. The number of anilines is 1. The number of esters is 1. The van der Waals surface area contributed by atoms with Crippen molar-refractivity contribution in [3.63, 3.8) is 0 Å². The normalized spacial score (nSPS) is 10.9. The Morgan fingerprint density at radius 2 is 1.83 bits per heavy atom. The number of thioether (sulfide) groups is 1. The molecule has 0 bridgehead atoms. The summed E-state index contributed by atoms with van der Waals surface area (Å²) in [5.74, 6) is -0.799. The Morgan fingerprint density at radius 3 is 2.57 bits per heavy atom. The van der Waals surface area contributed by atoms with E-state index in [9.17, 15) is 14.4 Å². The Hall–Kier alpha value is -3.85. The maximum atomic E-state index is 13.2. The van der Waals surface area contributed by atoms with Crippen LogP contribution in [0.1, 0.15) is 30.6 Å². The lowest BCUT2D eigenvalue weighted by atomic mass is 10.1. The van der Waals surface area contributed by atoms with E-state index in [4.69, 9.17) is 9.72 Å². The number of rotatable bonds is 9. The molecule has 0 saturated carbocycles. The van der Waals surface area contributed by atoms with Gasteiger partial charge in [0.1, 0.15) is 11.0 Å². The van der Waals surface area contributed by atoms with E-state index in [2.05, 4.69) is 10.3 Å². The monoisotopic (exact) mass is 490 g/mol. The van der Waals surface area contributed by atoms with Gasteiger partial charge in [0.15, 0.2) is 5.16 Å². The van der Waals surface area contributed by atoms with Gasteiger partial charge in [0, 0.05) is 18.3 Å². The molecule has 8 nitrogen and oxygen atoms in total. The number of fused-ring (bicyclic) bond motifs is 1. The zero-order valence-corrected chi connectivity index (χ0v) is 20.4. The van der Waals surface area contributed by atoms with Crippen LogP contribution in [0.5, 0.6) is 0 Å². The van der Waals surface area contributed by atoms with E-state index in [1.807, 2.05) is 37.3 Å². The van der Waals surface area contributed by atoms with Crippen LogP contribution in [0.2, 0.25) is 0 Å². The molecule has 35 heavy (non-hydrogen) atoms. The van der Waals surface area contributed by atoms with Crippen molar-refractivity contribution >= 4 is 40.4 Å². The number of aromatic nitrogens is 3. The second-order valence-corrected chi connectivity index (χ2v) is 8.69. The van der Waals surface area contributed by atoms with E-state index < -0.39 is 5.97 Å². The van der Waals surface area contributed by atoms with Crippen molar-refractivity contribution in [2.45, 2.75) is 32.0 Å². The molecule has 2 heterocycles. The second-order valence-electron chi connectivity index (χ2n) is 7.75. The van der Waals surface area contributed by atoms with Gasteiger partial charge in [-0.05, 0) is 31.0 Å². The molecule has 0 aliphatic rings. The fourth-order valence-electron chi connectivity index (χ4n) is 3.74. The van der Waals surface area contributed by atoms with Crippen molar-refractivity contribution in [3.8, 4) is 11.1 Å². The summed E-state index contributed by atoms with van der Waals surface area (Å²) >= 11 is 1.18. The lowest BCUT2D eigenvalue weighted by Gasteiger charge is -2.13. The molecule has 0 aliphatic heterocycles. The van der Waals surface area contributed by atoms with Gasteiger partial charge in [-0.25, -0.2) is 9.78 Å². The van der Waals surface area contributed by atoms with Crippen molar-refractivity contribution in [2.75, 3.05) is 17.7 Å². The number of nitrogens with zero attached hydrogens (tertiary/aromatic N) is 2. The van der Waals surface area contributed by atoms with Gasteiger partial charge in [0.2, 0.25) is 5.91 Å². The molecule has 1 amide bonds. The van der Waals surface area contributed by atoms with E-state index >= 15 is 0 Å². The number of para-hydroxylation sites is 1. The lowest BCUT2D eigenvalue weighted by Crippen LogP contribution is -2.24.